The van der Waals surface area contributed by atoms with Crippen LogP contribution in [0.4, 0.5) is 24.7 Å². The van der Waals surface area contributed by atoms with E-state index in [1.54, 1.807) is 6.20 Å². The van der Waals surface area contributed by atoms with E-state index in [0.717, 1.165) is 40.0 Å². The van der Waals surface area contributed by atoms with Crippen molar-refractivity contribution in [3.63, 3.8) is 0 Å². The van der Waals surface area contributed by atoms with Gasteiger partial charge in [-0.05, 0) is 37.3 Å². The minimum atomic E-state index is -4.44. The van der Waals surface area contributed by atoms with Crippen molar-refractivity contribution in [1.82, 2.24) is 9.55 Å². The van der Waals surface area contributed by atoms with E-state index in [1.807, 2.05) is 60.0 Å². The Hall–Kier alpha value is -4.14. The van der Waals surface area contributed by atoms with Crippen LogP contribution in [0.15, 0.2) is 78.2 Å². The lowest BCUT2D eigenvalue weighted by atomic mass is 10.2. The molecule has 2 N–H and O–H groups in total. The van der Waals surface area contributed by atoms with E-state index in [9.17, 15) is 18.0 Å². The number of carbonyl (C=O) groups excluding carboxylic acids is 1. The lowest BCUT2D eigenvalue weighted by Gasteiger charge is -2.07. The van der Waals surface area contributed by atoms with Gasteiger partial charge in [-0.2, -0.15) is 18.3 Å². The third-order valence-electron chi connectivity index (χ3n) is 4.94. The number of fused-ring (bicyclic) bond motifs is 1. The van der Waals surface area contributed by atoms with Gasteiger partial charge in [0.1, 0.15) is 12.4 Å². The van der Waals surface area contributed by atoms with Gasteiger partial charge in [-0.15, -0.1) is 0 Å². The van der Waals surface area contributed by atoms with Gasteiger partial charge < -0.3 is 9.88 Å². The number of pyridine rings is 1. The number of para-hydroxylation sites is 1. The second kappa shape index (κ2) is 9.15. The third kappa shape index (κ3) is 5.38. The Morgan fingerprint density at radius 3 is 2.55 bits per heavy atom. The topological polar surface area (TPSA) is 71.3 Å². The number of carbonyl (C=O) groups is 1. The maximum absolute atomic E-state index is 12.7. The summed E-state index contributed by atoms with van der Waals surface area (Å²) >= 11 is 0. The normalized spacial score (nSPS) is 11.8. The Kier molecular flexibility index (Phi) is 6.12. The molecule has 0 spiro atoms. The average molecular weight is 451 g/mol. The molecule has 168 valence electrons. The Bertz CT molecular complexity index is 1290. The molecule has 0 aliphatic carbocycles. The number of nitrogens with one attached hydrogen (secondary N) is 2. The van der Waals surface area contributed by atoms with E-state index in [2.05, 4.69) is 20.8 Å². The fourth-order valence-corrected chi connectivity index (χ4v) is 3.30. The number of rotatable bonds is 6. The van der Waals surface area contributed by atoms with E-state index in [-0.39, 0.29) is 18.3 Å². The van der Waals surface area contributed by atoms with E-state index in [0.29, 0.717) is 0 Å². The molecule has 4 rings (SSSR count). The number of aryl methyl sites for hydroxylation is 1. The molecule has 0 bridgehead atoms. The van der Waals surface area contributed by atoms with Crippen molar-refractivity contribution >= 4 is 34.5 Å². The van der Waals surface area contributed by atoms with Crippen LogP contribution < -0.4 is 10.7 Å². The SMILES string of the molecule is Cc1ccc(NC(=O)Cn2cc(/C=N\Nc3ccc(C(F)(F)F)cn3)c3ccccc32)cc1. The summed E-state index contributed by atoms with van der Waals surface area (Å²) in [4.78, 5) is 16.3. The summed E-state index contributed by atoms with van der Waals surface area (Å²) in [6.45, 7) is 2.08. The minimum absolute atomic E-state index is 0.107. The molecular formula is C24H20F3N5O. The van der Waals surface area contributed by atoms with Gasteiger partial charge in [0.05, 0.1) is 11.8 Å². The number of benzene rings is 2. The smallest absolute Gasteiger partial charge is 0.337 e. The molecular weight excluding hydrogens is 431 g/mol. The molecule has 0 atom stereocenters. The molecule has 2 heterocycles. The summed E-state index contributed by atoms with van der Waals surface area (Å²) in [7, 11) is 0. The average Bonchev–Trinajstić information content (AvgIpc) is 3.12. The van der Waals surface area contributed by atoms with Crippen molar-refractivity contribution in [3.8, 4) is 0 Å². The monoisotopic (exact) mass is 451 g/mol. The highest BCUT2D eigenvalue weighted by atomic mass is 19.4. The zero-order valence-electron chi connectivity index (χ0n) is 17.6. The van der Waals surface area contributed by atoms with Gasteiger partial charge >= 0.3 is 6.18 Å². The molecule has 4 aromatic rings. The van der Waals surface area contributed by atoms with E-state index >= 15 is 0 Å². The van der Waals surface area contributed by atoms with Crippen molar-refractivity contribution in [3.05, 3.63) is 89.7 Å². The van der Waals surface area contributed by atoms with E-state index in [4.69, 9.17) is 0 Å². The van der Waals surface area contributed by atoms with Crippen LogP contribution in [-0.4, -0.2) is 21.7 Å². The molecule has 6 nitrogen and oxygen atoms in total. The number of anilines is 2. The number of halogens is 3. The molecule has 0 aliphatic heterocycles. The third-order valence-corrected chi connectivity index (χ3v) is 4.94. The number of hydrazone groups is 1. The molecule has 0 saturated carbocycles. The van der Waals surface area contributed by atoms with Crippen LogP contribution in [-0.2, 0) is 17.5 Å². The van der Waals surface area contributed by atoms with Crippen LogP contribution in [0, 0.1) is 6.92 Å². The molecule has 2 aromatic carbocycles. The van der Waals surface area contributed by atoms with Crippen LogP contribution >= 0.6 is 0 Å². The summed E-state index contributed by atoms with van der Waals surface area (Å²) < 4.78 is 39.8. The zero-order valence-corrected chi connectivity index (χ0v) is 17.6. The summed E-state index contributed by atoms with van der Waals surface area (Å²) in [5, 5.41) is 7.85. The summed E-state index contributed by atoms with van der Waals surface area (Å²) in [6.07, 6.45) is -0.362. The Morgan fingerprint density at radius 1 is 1.09 bits per heavy atom. The van der Waals surface area contributed by atoms with Crippen molar-refractivity contribution in [1.29, 1.82) is 0 Å². The van der Waals surface area contributed by atoms with Gasteiger partial charge in [-0.3, -0.25) is 10.2 Å². The summed E-state index contributed by atoms with van der Waals surface area (Å²) in [5.74, 6) is 0.00985. The van der Waals surface area contributed by atoms with Crippen LogP contribution in [0.3, 0.4) is 0 Å². The summed E-state index contributed by atoms with van der Waals surface area (Å²) in [5.41, 5.74) is 5.22. The van der Waals surface area contributed by atoms with Crippen LogP contribution in [0.5, 0.6) is 0 Å². The fourth-order valence-electron chi connectivity index (χ4n) is 3.30. The molecule has 0 aliphatic rings. The molecule has 9 heteroatoms. The quantitative estimate of drug-likeness (QED) is 0.303. The first-order valence-corrected chi connectivity index (χ1v) is 10.1. The largest absolute Gasteiger partial charge is 0.417 e. The van der Waals surface area contributed by atoms with Gasteiger partial charge in [0, 0.05) is 34.5 Å². The molecule has 1 amide bonds. The number of hydrogen-bond donors (Lipinski definition) is 2. The lowest BCUT2D eigenvalue weighted by molar-refractivity contribution is -0.137. The molecule has 33 heavy (non-hydrogen) atoms. The predicted molar refractivity (Wildman–Crippen MR) is 122 cm³/mol. The van der Waals surface area contributed by atoms with Crippen molar-refractivity contribution < 1.29 is 18.0 Å². The Labute approximate surface area is 187 Å². The highest BCUT2D eigenvalue weighted by Crippen LogP contribution is 2.28. The van der Waals surface area contributed by atoms with E-state index < -0.39 is 11.7 Å². The van der Waals surface area contributed by atoms with Gasteiger partial charge in [0.25, 0.3) is 0 Å². The number of nitrogens with zero attached hydrogens (tertiary/aromatic N) is 3. The first-order valence-electron chi connectivity index (χ1n) is 10.1. The van der Waals surface area contributed by atoms with E-state index in [1.165, 1.54) is 12.3 Å². The predicted octanol–water partition coefficient (Wildman–Crippen LogP) is 5.45. The first-order chi connectivity index (χ1) is 15.8. The van der Waals surface area contributed by atoms with Gasteiger partial charge in [-0.1, -0.05) is 35.9 Å². The van der Waals surface area contributed by atoms with Crippen molar-refractivity contribution in [2.24, 2.45) is 5.10 Å². The molecule has 0 saturated heterocycles. The second-order valence-electron chi connectivity index (χ2n) is 7.44. The number of alkyl halides is 3. The number of hydrogen-bond acceptors (Lipinski definition) is 4. The van der Waals surface area contributed by atoms with Crippen LogP contribution in [0.25, 0.3) is 10.9 Å². The standard InChI is InChI=1S/C24H20F3N5O/c1-16-6-9-19(10-7-16)30-23(33)15-32-14-17(20-4-2-3-5-21(20)32)12-29-31-22-11-8-18(13-28-22)24(25,26)27/h2-14H,15H2,1H3,(H,28,31)(H,30,33)/b29-12-. The fraction of sp³-hybridized carbons (Fsp3) is 0.125. The second-order valence-corrected chi connectivity index (χ2v) is 7.44. The van der Waals surface area contributed by atoms with Gasteiger partial charge in [0.15, 0.2) is 0 Å². The Morgan fingerprint density at radius 2 is 1.85 bits per heavy atom. The van der Waals surface area contributed by atoms with Crippen molar-refractivity contribution in [2.75, 3.05) is 10.7 Å². The number of amides is 1. The maximum Gasteiger partial charge on any atom is 0.417 e. The van der Waals surface area contributed by atoms with Crippen LogP contribution in [0.1, 0.15) is 16.7 Å². The van der Waals surface area contributed by atoms with Gasteiger partial charge in [-0.25, -0.2) is 4.98 Å². The highest BCUT2D eigenvalue weighted by molar-refractivity contribution is 6.00. The lowest BCUT2D eigenvalue weighted by Crippen LogP contribution is -2.18. The number of aromatic nitrogens is 2. The maximum atomic E-state index is 12.7. The molecule has 0 fully saturated rings. The van der Waals surface area contributed by atoms with Crippen molar-refractivity contribution in [2.45, 2.75) is 19.6 Å². The zero-order chi connectivity index (χ0) is 23.4. The minimum Gasteiger partial charge on any atom is -0.337 e. The molecule has 0 unspecified atom stereocenters. The van der Waals surface area contributed by atoms with Crippen LogP contribution in [0.2, 0.25) is 0 Å². The first kappa shape index (κ1) is 22.1. The molecule has 0 radical (unpaired) electrons. The highest BCUT2D eigenvalue weighted by Gasteiger charge is 2.30. The van der Waals surface area contributed by atoms with Gasteiger partial charge in [0.2, 0.25) is 5.91 Å². The Balaban J connectivity index is 1.48. The molecule has 2 aromatic heterocycles. The summed E-state index contributed by atoms with van der Waals surface area (Å²) in [6, 6.07) is 17.2.